The fourth-order valence-corrected chi connectivity index (χ4v) is 1.53. The summed E-state index contributed by atoms with van der Waals surface area (Å²) < 4.78 is 0. The molecule has 0 amide bonds. The number of rotatable bonds is 1. The predicted molar refractivity (Wildman–Crippen MR) is 56.0 cm³/mol. The number of benzene rings is 1. The van der Waals surface area contributed by atoms with Crippen molar-refractivity contribution >= 4 is 11.6 Å². The van der Waals surface area contributed by atoms with Crippen molar-refractivity contribution in [3.05, 3.63) is 47.1 Å². The number of aromatic amines is 1. The zero-order valence-corrected chi connectivity index (χ0v) is 8.05. The molecule has 2 aromatic rings. The lowest BCUT2D eigenvalue weighted by atomic mass is 10.1. The smallest absolute Gasteiger partial charge is 0.103 e. The van der Waals surface area contributed by atoms with Gasteiger partial charge in [0.15, 0.2) is 0 Å². The van der Waals surface area contributed by atoms with E-state index in [-0.39, 0.29) is 0 Å². The maximum absolute atomic E-state index is 8.90. The Labute approximate surface area is 86.8 Å². The molecule has 0 aliphatic carbocycles. The third-order valence-electron chi connectivity index (χ3n) is 2.01. The largest absolute Gasteiger partial charge is 0.359 e. The molecule has 0 aliphatic rings. The second-order valence-electron chi connectivity index (χ2n) is 2.86. The van der Waals surface area contributed by atoms with E-state index >= 15 is 0 Å². The fourth-order valence-electron chi connectivity index (χ4n) is 1.34. The van der Waals surface area contributed by atoms with E-state index in [1.54, 1.807) is 6.20 Å². The van der Waals surface area contributed by atoms with Crippen LogP contribution >= 0.6 is 11.6 Å². The zero-order chi connectivity index (χ0) is 9.97. The van der Waals surface area contributed by atoms with E-state index in [2.05, 4.69) is 11.1 Å². The van der Waals surface area contributed by atoms with E-state index in [1.165, 1.54) is 0 Å². The third kappa shape index (κ3) is 1.39. The van der Waals surface area contributed by atoms with Crippen LogP contribution in [0.1, 0.15) is 5.56 Å². The van der Waals surface area contributed by atoms with Gasteiger partial charge in [-0.05, 0) is 5.56 Å². The van der Waals surface area contributed by atoms with Crippen molar-refractivity contribution in [2.45, 2.75) is 0 Å². The van der Waals surface area contributed by atoms with Gasteiger partial charge in [-0.3, -0.25) is 0 Å². The lowest BCUT2D eigenvalue weighted by Crippen LogP contribution is -1.80. The van der Waals surface area contributed by atoms with Crippen molar-refractivity contribution in [1.29, 1.82) is 5.26 Å². The van der Waals surface area contributed by atoms with E-state index in [0.717, 1.165) is 11.3 Å². The van der Waals surface area contributed by atoms with Crippen molar-refractivity contribution < 1.29 is 0 Å². The Bertz CT molecular complexity index is 480. The standard InChI is InChI=1S/C11H7ClN2/c12-10-7-14-11(9(10)6-13)8-4-2-1-3-5-8/h1-5,7,14H. The summed E-state index contributed by atoms with van der Waals surface area (Å²) in [7, 11) is 0. The molecule has 1 aromatic heterocycles. The van der Waals surface area contributed by atoms with Crippen LogP contribution < -0.4 is 0 Å². The Morgan fingerprint density at radius 2 is 1.93 bits per heavy atom. The maximum Gasteiger partial charge on any atom is 0.103 e. The molecule has 0 saturated carbocycles. The minimum Gasteiger partial charge on any atom is -0.359 e. The van der Waals surface area contributed by atoms with Gasteiger partial charge < -0.3 is 4.98 Å². The van der Waals surface area contributed by atoms with Gasteiger partial charge in [0.25, 0.3) is 0 Å². The number of H-pyrrole nitrogens is 1. The summed E-state index contributed by atoms with van der Waals surface area (Å²) in [4.78, 5) is 2.99. The summed E-state index contributed by atoms with van der Waals surface area (Å²) in [5, 5.41) is 9.36. The van der Waals surface area contributed by atoms with Crippen LogP contribution in [0.2, 0.25) is 5.02 Å². The van der Waals surface area contributed by atoms with Crippen LogP contribution in [-0.2, 0) is 0 Å². The lowest BCUT2D eigenvalue weighted by Gasteiger charge is -1.97. The molecular weight excluding hydrogens is 196 g/mol. The molecule has 14 heavy (non-hydrogen) atoms. The Kier molecular flexibility index (Phi) is 2.26. The molecule has 68 valence electrons. The predicted octanol–water partition coefficient (Wildman–Crippen LogP) is 3.21. The molecule has 2 rings (SSSR count). The van der Waals surface area contributed by atoms with E-state index in [4.69, 9.17) is 16.9 Å². The molecule has 0 unspecified atom stereocenters. The van der Waals surface area contributed by atoms with Crippen LogP contribution in [0.15, 0.2) is 36.5 Å². The first-order valence-electron chi connectivity index (χ1n) is 4.15. The van der Waals surface area contributed by atoms with E-state index in [0.29, 0.717) is 10.6 Å². The van der Waals surface area contributed by atoms with Gasteiger partial charge in [0.2, 0.25) is 0 Å². The van der Waals surface area contributed by atoms with Crippen LogP contribution in [-0.4, -0.2) is 4.98 Å². The highest BCUT2D eigenvalue weighted by atomic mass is 35.5. The van der Waals surface area contributed by atoms with Gasteiger partial charge in [-0.1, -0.05) is 41.9 Å². The highest BCUT2D eigenvalue weighted by Gasteiger charge is 2.09. The topological polar surface area (TPSA) is 39.6 Å². The molecule has 1 heterocycles. The fraction of sp³-hybridized carbons (Fsp3) is 0. The number of halogens is 1. The summed E-state index contributed by atoms with van der Waals surface area (Å²) in [5.41, 5.74) is 2.24. The van der Waals surface area contributed by atoms with Crippen LogP contribution in [0.3, 0.4) is 0 Å². The van der Waals surface area contributed by atoms with Crippen LogP contribution in [0, 0.1) is 11.3 Å². The van der Waals surface area contributed by atoms with Gasteiger partial charge in [0.05, 0.1) is 16.3 Å². The molecule has 0 saturated heterocycles. The zero-order valence-electron chi connectivity index (χ0n) is 7.29. The Morgan fingerprint density at radius 1 is 1.21 bits per heavy atom. The number of aromatic nitrogens is 1. The third-order valence-corrected chi connectivity index (χ3v) is 2.30. The van der Waals surface area contributed by atoms with Gasteiger partial charge in [0, 0.05) is 6.20 Å². The van der Waals surface area contributed by atoms with E-state index in [1.807, 2.05) is 30.3 Å². The quantitative estimate of drug-likeness (QED) is 0.758. The Morgan fingerprint density at radius 3 is 2.57 bits per heavy atom. The molecule has 0 spiro atoms. The van der Waals surface area contributed by atoms with Gasteiger partial charge >= 0.3 is 0 Å². The van der Waals surface area contributed by atoms with Crippen LogP contribution in [0.4, 0.5) is 0 Å². The summed E-state index contributed by atoms with van der Waals surface area (Å²) in [5.74, 6) is 0. The SMILES string of the molecule is N#Cc1c(Cl)c[nH]c1-c1ccccc1. The molecule has 0 bridgehead atoms. The van der Waals surface area contributed by atoms with Gasteiger partial charge in [-0.25, -0.2) is 0 Å². The van der Waals surface area contributed by atoms with Crippen LogP contribution in [0.5, 0.6) is 0 Å². The molecule has 0 fully saturated rings. The summed E-state index contributed by atoms with van der Waals surface area (Å²) >= 11 is 5.84. The molecule has 0 atom stereocenters. The summed E-state index contributed by atoms with van der Waals surface area (Å²) in [6.07, 6.45) is 1.63. The normalized spacial score (nSPS) is 9.71. The molecule has 0 aliphatic heterocycles. The number of nitrogens with zero attached hydrogens (tertiary/aromatic N) is 1. The first kappa shape index (κ1) is 8.86. The highest BCUT2D eigenvalue weighted by Crippen LogP contribution is 2.27. The Balaban J connectivity index is 2.59. The van der Waals surface area contributed by atoms with E-state index in [9.17, 15) is 0 Å². The molecule has 3 heteroatoms. The van der Waals surface area contributed by atoms with Crippen LogP contribution in [0.25, 0.3) is 11.3 Å². The number of nitriles is 1. The summed E-state index contributed by atoms with van der Waals surface area (Å²) in [6.45, 7) is 0. The number of hydrogen-bond acceptors (Lipinski definition) is 1. The second kappa shape index (κ2) is 3.57. The Hall–Kier alpha value is -1.72. The number of nitrogens with one attached hydrogen (secondary N) is 1. The van der Waals surface area contributed by atoms with Crippen molar-refractivity contribution in [2.75, 3.05) is 0 Å². The number of hydrogen-bond donors (Lipinski definition) is 1. The van der Waals surface area contributed by atoms with Crippen molar-refractivity contribution in [3.8, 4) is 17.3 Å². The molecule has 1 N–H and O–H groups in total. The van der Waals surface area contributed by atoms with Gasteiger partial charge in [-0.15, -0.1) is 0 Å². The molecule has 0 radical (unpaired) electrons. The first-order chi connectivity index (χ1) is 6.83. The van der Waals surface area contributed by atoms with Crippen molar-refractivity contribution in [3.63, 3.8) is 0 Å². The molecular formula is C11H7ClN2. The van der Waals surface area contributed by atoms with Gasteiger partial charge in [-0.2, -0.15) is 5.26 Å². The van der Waals surface area contributed by atoms with Crippen molar-refractivity contribution in [2.24, 2.45) is 0 Å². The minimum atomic E-state index is 0.464. The average Bonchev–Trinajstić information content (AvgIpc) is 2.61. The second-order valence-corrected chi connectivity index (χ2v) is 3.27. The monoisotopic (exact) mass is 202 g/mol. The minimum absolute atomic E-state index is 0.464. The maximum atomic E-state index is 8.90. The molecule has 1 aromatic carbocycles. The lowest BCUT2D eigenvalue weighted by molar-refractivity contribution is 1.39. The average molecular weight is 203 g/mol. The van der Waals surface area contributed by atoms with Gasteiger partial charge in [0.1, 0.15) is 6.07 Å². The van der Waals surface area contributed by atoms with E-state index < -0.39 is 0 Å². The highest BCUT2D eigenvalue weighted by molar-refractivity contribution is 6.32. The molecule has 2 nitrogen and oxygen atoms in total. The summed E-state index contributed by atoms with van der Waals surface area (Å²) in [6, 6.07) is 11.7. The first-order valence-corrected chi connectivity index (χ1v) is 4.53. The van der Waals surface area contributed by atoms with Crippen molar-refractivity contribution in [1.82, 2.24) is 4.98 Å².